The number of fused-ring (bicyclic) bond motifs is 1. The highest BCUT2D eigenvalue weighted by Gasteiger charge is 2.24. The lowest BCUT2D eigenvalue weighted by Crippen LogP contribution is -2.15. The molecule has 4 rings (SSSR count). The first kappa shape index (κ1) is 21.3. The van der Waals surface area contributed by atoms with Crippen molar-refractivity contribution < 1.29 is 4.79 Å². The van der Waals surface area contributed by atoms with Gasteiger partial charge >= 0.3 is 0 Å². The van der Waals surface area contributed by atoms with Crippen molar-refractivity contribution >= 4 is 46.3 Å². The van der Waals surface area contributed by atoms with E-state index in [1.807, 2.05) is 11.3 Å². The van der Waals surface area contributed by atoms with Gasteiger partial charge in [-0.15, -0.1) is 21.5 Å². The monoisotopic (exact) mass is 461 g/mol. The molecule has 9 heteroatoms. The van der Waals surface area contributed by atoms with E-state index >= 15 is 0 Å². The molecule has 0 aromatic carbocycles. The molecule has 0 saturated heterocycles. The average Bonchev–Trinajstić information content (AvgIpc) is 3.32. The molecule has 30 heavy (non-hydrogen) atoms. The second-order valence-electron chi connectivity index (χ2n) is 7.54. The lowest BCUT2D eigenvalue weighted by Gasteiger charge is -2.19. The second-order valence-corrected chi connectivity index (χ2v) is 9.80. The molecule has 0 radical (unpaired) electrons. The van der Waals surface area contributed by atoms with Gasteiger partial charge in [-0.25, -0.2) is 4.98 Å². The topological polar surface area (TPSA) is 72.7 Å². The van der Waals surface area contributed by atoms with Crippen molar-refractivity contribution in [3.05, 3.63) is 39.3 Å². The molecule has 158 valence electrons. The number of amides is 1. The van der Waals surface area contributed by atoms with Crippen LogP contribution in [0, 0.1) is 5.92 Å². The van der Waals surface area contributed by atoms with Gasteiger partial charge in [0, 0.05) is 28.6 Å². The van der Waals surface area contributed by atoms with Gasteiger partial charge in [0.05, 0.1) is 11.4 Å². The molecule has 3 aromatic heterocycles. The first-order valence-corrected chi connectivity index (χ1v) is 12.4. The van der Waals surface area contributed by atoms with E-state index in [0.717, 1.165) is 42.7 Å². The Morgan fingerprint density at radius 1 is 1.43 bits per heavy atom. The van der Waals surface area contributed by atoms with Crippen LogP contribution in [0.5, 0.6) is 0 Å². The Kier molecular flexibility index (Phi) is 6.75. The fourth-order valence-corrected chi connectivity index (χ4v) is 5.85. The van der Waals surface area contributed by atoms with Gasteiger partial charge in [0.1, 0.15) is 0 Å². The summed E-state index contributed by atoms with van der Waals surface area (Å²) in [4.78, 5) is 17.9. The van der Waals surface area contributed by atoms with Crippen molar-refractivity contribution in [2.45, 2.75) is 51.2 Å². The number of thioether (sulfide) groups is 1. The van der Waals surface area contributed by atoms with Crippen LogP contribution in [-0.2, 0) is 24.2 Å². The van der Waals surface area contributed by atoms with Gasteiger partial charge in [-0.1, -0.05) is 37.2 Å². The van der Waals surface area contributed by atoms with Crippen molar-refractivity contribution in [1.82, 2.24) is 19.7 Å². The molecule has 3 aromatic rings. The first-order chi connectivity index (χ1) is 14.6. The highest BCUT2D eigenvalue weighted by molar-refractivity contribution is 7.99. The molecule has 1 N–H and O–H groups in total. The summed E-state index contributed by atoms with van der Waals surface area (Å²) in [6.45, 7) is 5.28. The molecule has 1 aliphatic carbocycles. The molecule has 1 amide bonds. The Hall–Kier alpha value is -1.90. The van der Waals surface area contributed by atoms with Crippen LogP contribution in [0.15, 0.2) is 28.9 Å². The number of rotatable bonds is 7. The minimum Gasteiger partial charge on any atom is -0.323 e. The summed E-state index contributed by atoms with van der Waals surface area (Å²) in [5.41, 5.74) is 3.16. The van der Waals surface area contributed by atoms with E-state index in [1.54, 1.807) is 18.3 Å². The Bertz CT molecular complexity index is 1050. The molecule has 1 unspecified atom stereocenters. The van der Waals surface area contributed by atoms with Gasteiger partial charge in [-0.3, -0.25) is 4.79 Å². The standard InChI is InChI=1S/C21H24ClN5OS2/c1-3-9-27-20(15-11-29-17-10-13(2)6-7-14(15)17)25-26-21(27)30-12-18(28)24-16-5-4-8-23-19(16)22/h4-5,8,11,13H,3,6-7,9-10,12H2,1-2H3,(H,24,28). The number of nitrogens with one attached hydrogen (secondary N) is 1. The van der Waals surface area contributed by atoms with Gasteiger partial charge in [-0.05, 0) is 49.3 Å². The number of aromatic nitrogens is 4. The van der Waals surface area contributed by atoms with Crippen LogP contribution in [0.25, 0.3) is 11.4 Å². The fraction of sp³-hybridized carbons (Fsp3) is 0.429. The van der Waals surface area contributed by atoms with Crippen LogP contribution in [0.3, 0.4) is 0 Å². The number of carbonyl (C=O) groups is 1. The minimum absolute atomic E-state index is 0.149. The Morgan fingerprint density at radius 3 is 3.10 bits per heavy atom. The van der Waals surface area contributed by atoms with Crippen LogP contribution in [0.1, 0.15) is 37.1 Å². The van der Waals surface area contributed by atoms with E-state index in [4.69, 9.17) is 11.6 Å². The first-order valence-electron chi connectivity index (χ1n) is 10.1. The highest BCUT2D eigenvalue weighted by Crippen LogP contribution is 2.38. The number of hydrogen-bond acceptors (Lipinski definition) is 6. The van der Waals surface area contributed by atoms with Crippen LogP contribution >= 0.6 is 34.7 Å². The summed E-state index contributed by atoms with van der Waals surface area (Å²) >= 11 is 9.25. The predicted octanol–water partition coefficient (Wildman–Crippen LogP) is 5.32. The van der Waals surface area contributed by atoms with E-state index in [0.29, 0.717) is 5.69 Å². The lowest BCUT2D eigenvalue weighted by atomic mass is 9.88. The van der Waals surface area contributed by atoms with Crippen molar-refractivity contribution in [3.63, 3.8) is 0 Å². The molecular weight excluding hydrogens is 438 g/mol. The minimum atomic E-state index is -0.149. The van der Waals surface area contributed by atoms with Crippen molar-refractivity contribution in [1.29, 1.82) is 0 Å². The van der Waals surface area contributed by atoms with E-state index < -0.39 is 0 Å². The van der Waals surface area contributed by atoms with Crippen molar-refractivity contribution in [2.75, 3.05) is 11.1 Å². The summed E-state index contributed by atoms with van der Waals surface area (Å²) in [7, 11) is 0. The Balaban J connectivity index is 1.51. The van der Waals surface area contributed by atoms with E-state index in [2.05, 4.69) is 44.3 Å². The third kappa shape index (κ3) is 4.55. The molecule has 0 bridgehead atoms. The van der Waals surface area contributed by atoms with Crippen LogP contribution in [0.2, 0.25) is 5.15 Å². The van der Waals surface area contributed by atoms with E-state index in [-0.39, 0.29) is 16.8 Å². The number of nitrogens with zero attached hydrogens (tertiary/aromatic N) is 4. The quantitative estimate of drug-likeness (QED) is 0.380. The maximum Gasteiger partial charge on any atom is 0.234 e. The lowest BCUT2D eigenvalue weighted by molar-refractivity contribution is -0.113. The normalized spacial score (nSPS) is 15.8. The SMILES string of the molecule is CCCn1c(SCC(=O)Nc2cccnc2Cl)nnc1-c1csc2c1CCC(C)C2. The summed E-state index contributed by atoms with van der Waals surface area (Å²) in [6, 6.07) is 3.47. The molecule has 1 aliphatic rings. The van der Waals surface area contributed by atoms with Crippen molar-refractivity contribution in [3.8, 4) is 11.4 Å². The largest absolute Gasteiger partial charge is 0.323 e. The number of thiophene rings is 1. The Morgan fingerprint density at radius 2 is 2.30 bits per heavy atom. The summed E-state index contributed by atoms with van der Waals surface area (Å²) in [6.07, 6.45) is 6.04. The Labute approximate surface area is 189 Å². The van der Waals surface area contributed by atoms with Crippen LogP contribution in [0.4, 0.5) is 5.69 Å². The average molecular weight is 462 g/mol. The van der Waals surface area contributed by atoms with Crippen LogP contribution in [-0.4, -0.2) is 31.4 Å². The third-order valence-electron chi connectivity index (χ3n) is 5.17. The fourth-order valence-electron chi connectivity index (χ4n) is 3.68. The predicted molar refractivity (Wildman–Crippen MR) is 123 cm³/mol. The molecule has 6 nitrogen and oxygen atoms in total. The van der Waals surface area contributed by atoms with Gasteiger partial charge in [-0.2, -0.15) is 0 Å². The summed E-state index contributed by atoms with van der Waals surface area (Å²) in [5.74, 6) is 1.74. The van der Waals surface area contributed by atoms with Gasteiger partial charge < -0.3 is 9.88 Å². The molecule has 3 heterocycles. The zero-order valence-electron chi connectivity index (χ0n) is 17.0. The van der Waals surface area contributed by atoms with E-state index in [9.17, 15) is 4.79 Å². The number of anilines is 1. The number of pyridine rings is 1. The smallest absolute Gasteiger partial charge is 0.234 e. The third-order valence-corrected chi connectivity index (χ3v) is 7.49. The van der Waals surface area contributed by atoms with E-state index in [1.165, 1.54) is 34.2 Å². The second kappa shape index (κ2) is 9.49. The molecule has 0 aliphatic heterocycles. The summed E-state index contributed by atoms with van der Waals surface area (Å²) < 4.78 is 2.15. The molecule has 0 saturated carbocycles. The van der Waals surface area contributed by atoms with Crippen molar-refractivity contribution in [2.24, 2.45) is 5.92 Å². The van der Waals surface area contributed by atoms with Crippen LogP contribution < -0.4 is 5.32 Å². The van der Waals surface area contributed by atoms with Gasteiger partial charge in [0.25, 0.3) is 0 Å². The molecule has 0 spiro atoms. The zero-order chi connectivity index (χ0) is 21.1. The maximum atomic E-state index is 12.4. The summed E-state index contributed by atoms with van der Waals surface area (Å²) in [5, 5.41) is 15.0. The maximum absolute atomic E-state index is 12.4. The zero-order valence-corrected chi connectivity index (χ0v) is 19.4. The molecule has 0 fully saturated rings. The number of halogens is 1. The number of carbonyl (C=O) groups excluding carboxylic acids is 1. The van der Waals surface area contributed by atoms with Gasteiger partial charge in [0.15, 0.2) is 16.1 Å². The molecule has 1 atom stereocenters. The molecular formula is C21H24ClN5OS2. The number of hydrogen-bond donors (Lipinski definition) is 1. The van der Waals surface area contributed by atoms with Gasteiger partial charge in [0.2, 0.25) is 5.91 Å². The highest BCUT2D eigenvalue weighted by atomic mass is 35.5.